The van der Waals surface area contributed by atoms with Crippen LogP contribution in [0.2, 0.25) is 0 Å². The zero-order chi connectivity index (χ0) is 22.2. The first-order chi connectivity index (χ1) is 16.3. The molecule has 0 unspecified atom stereocenters. The predicted octanol–water partition coefficient (Wildman–Crippen LogP) is 6.88. The van der Waals surface area contributed by atoms with Gasteiger partial charge in [0.1, 0.15) is 5.75 Å². The fourth-order valence-corrected chi connectivity index (χ4v) is 4.24. The van der Waals surface area contributed by atoms with Gasteiger partial charge in [0.25, 0.3) is 0 Å². The maximum absolute atomic E-state index is 10.5. The van der Waals surface area contributed by atoms with Crippen LogP contribution < -0.4 is 0 Å². The second-order valence-corrected chi connectivity index (χ2v) is 7.88. The highest BCUT2D eigenvalue weighted by atomic mass is 16.3. The van der Waals surface area contributed by atoms with Crippen molar-refractivity contribution >= 4 is 21.5 Å². The standard InChI is InChI=1S/C29H19N3O/c33-26-18-6-5-15-25(26)29-31-27(23-16-7-11-19-9-1-3-13-21(19)23)30-28(32-29)24-17-8-12-20-10-2-4-14-22(20)24/h1-18,33H. The van der Waals surface area contributed by atoms with Gasteiger partial charge in [0, 0.05) is 11.1 Å². The predicted molar refractivity (Wildman–Crippen MR) is 133 cm³/mol. The number of hydrogen-bond donors (Lipinski definition) is 1. The minimum Gasteiger partial charge on any atom is -0.507 e. The van der Waals surface area contributed by atoms with Gasteiger partial charge in [0.2, 0.25) is 0 Å². The molecule has 0 saturated heterocycles. The number of para-hydroxylation sites is 1. The zero-order valence-corrected chi connectivity index (χ0v) is 17.7. The van der Waals surface area contributed by atoms with Crippen molar-refractivity contribution in [1.29, 1.82) is 0 Å². The average Bonchev–Trinajstić information content (AvgIpc) is 2.88. The zero-order valence-electron chi connectivity index (χ0n) is 17.7. The summed E-state index contributed by atoms with van der Waals surface area (Å²) in [5.74, 6) is 1.72. The molecule has 6 rings (SSSR count). The van der Waals surface area contributed by atoms with Gasteiger partial charge in [-0.15, -0.1) is 0 Å². The lowest BCUT2D eigenvalue weighted by molar-refractivity contribution is 0.477. The molecule has 0 bridgehead atoms. The number of fused-ring (bicyclic) bond motifs is 2. The molecule has 0 radical (unpaired) electrons. The number of benzene rings is 5. The number of hydrogen-bond acceptors (Lipinski definition) is 4. The van der Waals surface area contributed by atoms with Crippen molar-refractivity contribution in [2.24, 2.45) is 0 Å². The van der Waals surface area contributed by atoms with Crippen LogP contribution in [0.4, 0.5) is 0 Å². The van der Waals surface area contributed by atoms with Gasteiger partial charge in [-0.2, -0.15) is 0 Å². The van der Waals surface area contributed by atoms with Gasteiger partial charge in [-0.05, 0) is 33.7 Å². The molecule has 0 aliphatic heterocycles. The molecule has 0 fully saturated rings. The van der Waals surface area contributed by atoms with Gasteiger partial charge >= 0.3 is 0 Å². The Morgan fingerprint density at radius 1 is 0.394 bits per heavy atom. The highest BCUT2D eigenvalue weighted by Crippen LogP contribution is 2.33. The molecule has 1 aromatic heterocycles. The number of rotatable bonds is 3. The van der Waals surface area contributed by atoms with E-state index in [2.05, 4.69) is 36.4 Å². The minimum atomic E-state index is 0.136. The molecule has 5 aromatic carbocycles. The lowest BCUT2D eigenvalue weighted by Gasteiger charge is -2.12. The minimum absolute atomic E-state index is 0.136. The van der Waals surface area contributed by atoms with Gasteiger partial charge < -0.3 is 5.11 Å². The van der Waals surface area contributed by atoms with E-state index < -0.39 is 0 Å². The maximum Gasteiger partial charge on any atom is 0.167 e. The summed E-state index contributed by atoms with van der Waals surface area (Å²) in [4.78, 5) is 14.5. The van der Waals surface area contributed by atoms with Crippen molar-refractivity contribution in [2.75, 3.05) is 0 Å². The molecule has 1 N–H and O–H groups in total. The Morgan fingerprint density at radius 2 is 0.788 bits per heavy atom. The van der Waals surface area contributed by atoms with Crippen LogP contribution in [0.1, 0.15) is 0 Å². The largest absolute Gasteiger partial charge is 0.507 e. The molecule has 33 heavy (non-hydrogen) atoms. The molecule has 6 aromatic rings. The van der Waals surface area contributed by atoms with Crippen LogP contribution >= 0.6 is 0 Å². The Bertz CT molecular complexity index is 1530. The van der Waals surface area contributed by atoms with Crippen LogP contribution in [0, 0.1) is 0 Å². The molecule has 4 nitrogen and oxygen atoms in total. The quantitative estimate of drug-likeness (QED) is 0.336. The third-order valence-corrected chi connectivity index (χ3v) is 5.84. The van der Waals surface area contributed by atoms with Crippen molar-refractivity contribution in [1.82, 2.24) is 15.0 Å². The van der Waals surface area contributed by atoms with E-state index in [1.807, 2.05) is 60.7 Å². The normalized spacial score (nSPS) is 11.2. The molecule has 156 valence electrons. The van der Waals surface area contributed by atoms with Crippen LogP contribution in [0.15, 0.2) is 109 Å². The topological polar surface area (TPSA) is 58.9 Å². The van der Waals surface area contributed by atoms with Gasteiger partial charge in [-0.25, -0.2) is 15.0 Å². The smallest absolute Gasteiger partial charge is 0.167 e. The second-order valence-electron chi connectivity index (χ2n) is 7.88. The SMILES string of the molecule is Oc1ccccc1-c1nc(-c2cccc3ccccc23)nc(-c2cccc3ccccc23)n1. The Labute approximate surface area is 190 Å². The van der Waals surface area contributed by atoms with E-state index in [0.29, 0.717) is 23.0 Å². The van der Waals surface area contributed by atoms with E-state index in [4.69, 9.17) is 15.0 Å². The lowest BCUT2D eigenvalue weighted by atomic mass is 10.0. The van der Waals surface area contributed by atoms with Crippen LogP contribution in [-0.2, 0) is 0 Å². The summed E-state index contributed by atoms with van der Waals surface area (Å²) >= 11 is 0. The van der Waals surface area contributed by atoms with Crippen molar-refractivity contribution in [2.45, 2.75) is 0 Å². The van der Waals surface area contributed by atoms with E-state index in [1.165, 1.54) is 0 Å². The molecule has 0 saturated carbocycles. The van der Waals surface area contributed by atoms with Crippen molar-refractivity contribution in [3.63, 3.8) is 0 Å². The summed E-state index contributed by atoms with van der Waals surface area (Å²) in [5, 5.41) is 14.9. The van der Waals surface area contributed by atoms with E-state index in [1.54, 1.807) is 12.1 Å². The Balaban J connectivity index is 1.67. The summed E-state index contributed by atoms with van der Waals surface area (Å²) < 4.78 is 0. The average molecular weight is 425 g/mol. The first kappa shape index (κ1) is 19.1. The highest BCUT2D eigenvalue weighted by molar-refractivity contribution is 5.97. The Kier molecular flexibility index (Phi) is 4.55. The summed E-state index contributed by atoms with van der Waals surface area (Å²) in [7, 11) is 0. The number of phenols is 1. The molecule has 0 aliphatic carbocycles. The first-order valence-corrected chi connectivity index (χ1v) is 10.8. The molecule has 0 amide bonds. The number of nitrogens with zero attached hydrogens (tertiary/aromatic N) is 3. The lowest BCUT2D eigenvalue weighted by Crippen LogP contribution is -2.01. The van der Waals surface area contributed by atoms with Crippen molar-refractivity contribution in [3.8, 4) is 39.9 Å². The fraction of sp³-hybridized carbons (Fsp3) is 0. The van der Waals surface area contributed by atoms with Crippen LogP contribution in [0.25, 0.3) is 55.7 Å². The van der Waals surface area contributed by atoms with Gasteiger partial charge in [-0.1, -0.05) is 97.1 Å². The third-order valence-electron chi connectivity index (χ3n) is 5.84. The van der Waals surface area contributed by atoms with Gasteiger partial charge in [-0.3, -0.25) is 0 Å². The van der Waals surface area contributed by atoms with Crippen LogP contribution in [0.3, 0.4) is 0 Å². The molecule has 0 aliphatic rings. The second kappa shape index (κ2) is 7.84. The van der Waals surface area contributed by atoms with E-state index in [-0.39, 0.29) is 5.75 Å². The summed E-state index contributed by atoms with van der Waals surface area (Å²) in [5.41, 5.74) is 2.42. The number of phenolic OH excluding ortho intramolecular Hbond substituents is 1. The summed E-state index contributed by atoms with van der Waals surface area (Å²) in [6.07, 6.45) is 0. The fourth-order valence-electron chi connectivity index (χ4n) is 4.24. The molecule has 4 heteroatoms. The monoisotopic (exact) mass is 425 g/mol. The van der Waals surface area contributed by atoms with Gasteiger partial charge in [0.05, 0.1) is 5.56 Å². The van der Waals surface area contributed by atoms with Crippen LogP contribution in [-0.4, -0.2) is 20.1 Å². The van der Waals surface area contributed by atoms with Crippen molar-refractivity contribution in [3.05, 3.63) is 109 Å². The van der Waals surface area contributed by atoms with E-state index >= 15 is 0 Å². The van der Waals surface area contributed by atoms with Crippen molar-refractivity contribution < 1.29 is 5.11 Å². The Morgan fingerprint density at radius 3 is 1.33 bits per heavy atom. The van der Waals surface area contributed by atoms with E-state index in [0.717, 1.165) is 32.7 Å². The number of aromatic nitrogens is 3. The number of aromatic hydroxyl groups is 1. The molecular formula is C29H19N3O. The molecule has 1 heterocycles. The summed E-state index contributed by atoms with van der Waals surface area (Å²) in [6.45, 7) is 0. The molecule has 0 atom stereocenters. The molecular weight excluding hydrogens is 406 g/mol. The van der Waals surface area contributed by atoms with E-state index in [9.17, 15) is 5.11 Å². The van der Waals surface area contributed by atoms with Gasteiger partial charge in [0.15, 0.2) is 17.5 Å². The Hall–Kier alpha value is -4.57. The maximum atomic E-state index is 10.5. The first-order valence-electron chi connectivity index (χ1n) is 10.8. The molecule has 0 spiro atoms. The van der Waals surface area contributed by atoms with Crippen LogP contribution in [0.5, 0.6) is 5.75 Å². The summed E-state index contributed by atoms with van der Waals surface area (Å²) in [6, 6.07) is 35.8. The highest BCUT2D eigenvalue weighted by Gasteiger charge is 2.16. The third kappa shape index (κ3) is 3.38.